The van der Waals surface area contributed by atoms with Gasteiger partial charge in [0.05, 0.1) is 17.6 Å². The molecule has 5 heterocycles. The number of nitrogens with zero attached hydrogens (tertiary/aromatic N) is 4. The molecule has 130 valence electrons. The molecule has 5 rings (SSSR count). The topological polar surface area (TPSA) is 86.8 Å². The quantitative estimate of drug-likeness (QED) is 0.545. The minimum Gasteiger partial charge on any atom is -0.345 e. The third-order valence-electron chi connectivity index (χ3n) is 5.12. The smallest absolute Gasteiger partial charge is 0.209 e. The third kappa shape index (κ3) is 2.35. The zero-order valence-electron chi connectivity index (χ0n) is 14.1. The number of hydrogen-bond donors (Lipinski definition) is 2. The average Bonchev–Trinajstić information content (AvgIpc) is 3.09. The Morgan fingerprint density at radius 1 is 1.23 bits per heavy atom. The third-order valence-corrected chi connectivity index (χ3v) is 5.12. The number of hydrogen-bond acceptors (Lipinski definition) is 5. The number of likely N-dealkylation sites (tertiary alicyclic amines) is 1. The Labute approximate surface area is 150 Å². The van der Waals surface area contributed by atoms with Crippen LogP contribution >= 0.6 is 0 Å². The maximum Gasteiger partial charge on any atom is 0.209 e. The van der Waals surface area contributed by atoms with E-state index >= 15 is 0 Å². The van der Waals surface area contributed by atoms with Crippen molar-refractivity contribution in [2.45, 2.75) is 18.8 Å². The first-order chi connectivity index (χ1) is 12.8. The predicted molar refractivity (Wildman–Crippen MR) is 97.9 cm³/mol. The van der Waals surface area contributed by atoms with Crippen LogP contribution in [0.2, 0.25) is 0 Å². The highest BCUT2D eigenvalue weighted by Gasteiger charge is 2.28. The molecule has 1 atom stereocenters. The van der Waals surface area contributed by atoms with Crippen molar-refractivity contribution in [2.75, 3.05) is 18.4 Å². The summed E-state index contributed by atoms with van der Waals surface area (Å²) in [5, 5.41) is 3.36. The van der Waals surface area contributed by atoms with Gasteiger partial charge < -0.3 is 15.2 Å². The zero-order chi connectivity index (χ0) is 17.5. The van der Waals surface area contributed by atoms with Crippen molar-refractivity contribution in [3.63, 3.8) is 0 Å². The van der Waals surface area contributed by atoms with Crippen molar-refractivity contribution < 1.29 is 4.79 Å². The Balaban J connectivity index is 1.67. The summed E-state index contributed by atoms with van der Waals surface area (Å²) in [5.41, 5.74) is 4.75. The van der Waals surface area contributed by atoms with Gasteiger partial charge in [-0.3, -0.25) is 9.78 Å². The Morgan fingerprint density at radius 3 is 3.12 bits per heavy atom. The molecule has 1 amide bonds. The van der Waals surface area contributed by atoms with E-state index in [-0.39, 0.29) is 5.92 Å². The van der Waals surface area contributed by atoms with E-state index in [1.807, 2.05) is 23.1 Å². The lowest BCUT2D eigenvalue weighted by molar-refractivity contribution is -0.119. The van der Waals surface area contributed by atoms with Crippen LogP contribution in [-0.2, 0) is 4.79 Å². The standard InChI is InChI=1S/C19H18N6O/c26-11-25-8-2-3-12(10-25)18-23-16-13-5-7-20-9-15(13)22-19-14(17(16)24-18)4-1-6-21-19/h1,4-7,9,11-12H,2-3,8,10H2,(H,21,22)(H,23,24). The second-order valence-corrected chi connectivity index (χ2v) is 6.73. The molecule has 1 unspecified atom stereocenters. The Morgan fingerprint density at radius 2 is 2.19 bits per heavy atom. The van der Waals surface area contributed by atoms with Crippen molar-refractivity contribution in [1.29, 1.82) is 0 Å². The molecule has 0 aromatic carbocycles. The van der Waals surface area contributed by atoms with E-state index in [2.05, 4.69) is 20.3 Å². The maximum atomic E-state index is 11.2. The fourth-order valence-electron chi connectivity index (χ4n) is 3.84. The molecule has 7 nitrogen and oxygen atoms in total. The first-order valence-corrected chi connectivity index (χ1v) is 8.79. The SMILES string of the molecule is O=CN1CCCC(c2nc3c([nH]2)-c2ccncc2Nc2ncccc2-3)C1. The molecular weight excluding hydrogens is 328 g/mol. The van der Waals surface area contributed by atoms with E-state index in [9.17, 15) is 4.79 Å². The number of imidazole rings is 1. The van der Waals surface area contributed by atoms with E-state index in [0.29, 0.717) is 6.54 Å². The highest BCUT2D eigenvalue weighted by molar-refractivity contribution is 5.94. The highest BCUT2D eigenvalue weighted by atomic mass is 16.1. The van der Waals surface area contributed by atoms with Crippen LogP contribution in [0.1, 0.15) is 24.6 Å². The van der Waals surface area contributed by atoms with Crippen molar-refractivity contribution >= 4 is 17.9 Å². The van der Waals surface area contributed by atoms with Gasteiger partial charge >= 0.3 is 0 Å². The van der Waals surface area contributed by atoms with E-state index in [1.54, 1.807) is 18.6 Å². The number of rotatable bonds is 2. The molecule has 3 aromatic heterocycles. The van der Waals surface area contributed by atoms with Gasteiger partial charge in [0.2, 0.25) is 6.41 Å². The number of aromatic nitrogens is 4. The van der Waals surface area contributed by atoms with E-state index in [1.165, 1.54) is 0 Å². The van der Waals surface area contributed by atoms with Gasteiger partial charge in [0.25, 0.3) is 0 Å². The van der Waals surface area contributed by atoms with Crippen molar-refractivity contribution in [3.8, 4) is 22.5 Å². The van der Waals surface area contributed by atoms with E-state index in [4.69, 9.17) is 4.98 Å². The van der Waals surface area contributed by atoms with Crippen molar-refractivity contribution in [3.05, 3.63) is 42.6 Å². The summed E-state index contributed by atoms with van der Waals surface area (Å²) < 4.78 is 0. The molecular formula is C19H18N6O. The molecule has 2 N–H and O–H groups in total. The normalized spacial score (nSPS) is 18.2. The summed E-state index contributed by atoms with van der Waals surface area (Å²) in [4.78, 5) is 30.2. The number of nitrogens with one attached hydrogen (secondary N) is 2. The minimum absolute atomic E-state index is 0.222. The summed E-state index contributed by atoms with van der Waals surface area (Å²) in [7, 11) is 0. The fraction of sp³-hybridized carbons (Fsp3) is 0.263. The van der Waals surface area contributed by atoms with Crippen LogP contribution in [0.5, 0.6) is 0 Å². The number of carbonyl (C=O) groups is 1. The second kappa shape index (κ2) is 5.94. The number of pyridine rings is 2. The summed E-state index contributed by atoms with van der Waals surface area (Å²) in [6, 6.07) is 5.92. The molecule has 1 fully saturated rings. The van der Waals surface area contributed by atoms with Gasteiger partial charge in [-0.2, -0.15) is 0 Å². The number of amides is 1. The molecule has 2 aliphatic rings. The highest BCUT2D eigenvalue weighted by Crippen LogP contribution is 2.42. The number of piperidine rings is 1. The molecule has 7 heteroatoms. The average molecular weight is 346 g/mol. The number of anilines is 2. The van der Waals surface area contributed by atoms with Crippen LogP contribution in [0.25, 0.3) is 22.5 Å². The maximum absolute atomic E-state index is 11.2. The molecule has 0 radical (unpaired) electrons. The largest absolute Gasteiger partial charge is 0.345 e. The van der Waals surface area contributed by atoms with Gasteiger partial charge in [-0.05, 0) is 31.0 Å². The molecule has 0 saturated carbocycles. The predicted octanol–water partition coefficient (Wildman–Crippen LogP) is 2.93. The summed E-state index contributed by atoms with van der Waals surface area (Å²) >= 11 is 0. The van der Waals surface area contributed by atoms with Crippen LogP contribution in [0.4, 0.5) is 11.5 Å². The molecule has 1 saturated heterocycles. The van der Waals surface area contributed by atoms with Gasteiger partial charge in [-0.15, -0.1) is 0 Å². The summed E-state index contributed by atoms with van der Waals surface area (Å²) in [5.74, 6) is 1.93. The summed E-state index contributed by atoms with van der Waals surface area (Å²) in [6.07, 6.45) is 8.31. The van der Waals surface area contributed by atoms with Crippen molar-refractivity contribution in [2.24, 2.45) is 0 Å². The second-order valence-electron chi connectivity index (χ2n) is 6.73. The van der Waals surface area contributed by atoms with Crippen LogP contribution < -0.4 is 5.32 Å². The molecule has 3 aromatic rings. The lowest BCUT2D eigenvalue weighted by Crippen LogP contribution is -2.33. The lowest BCUT2D eigenvalue weighted by Gasteiger charge is -2.28. The Bertz CT molecular complexity index is 919. The minimum atomic E-state index is 0.222. The van der Waals surface area contributed by atoms with Crippen LogP contribution in [0.3, 0.4) is 0 Å². The van der Waals surface area contributed by atoms with Crippen LogP contribution in [0.15, 0.2) is 36.8 Å². The van der Waals surface area contributed by atoms with Crippen LogP contribution in [0, 0.1) is 0 Å². The number of fused-ring (bicyclic) bond motifs is 5. The number of carbonyl (C=O) groups excluding carboxylic acids is 1. The zero-order valence-corrected chi connectivity index (χ0v) is 14.1. The Hall–Kier alpha value is -3.22. The van der Waals surface area contributed by atoms with Gasteiger partial charge in [0.15, 0.2) is 0 Å². The van der Waals surface area contributed by atoms with Gasteiger partial charge in [-0.1, -0.05) is 0 Å². The van der Waals surface area contributed by atoms with Gasteiger partial charge in [0.1, 0.15) is 17.3 Å². The van der Waals surface area contributed by atoms with Crippen molar-refractivity contribution in [1.82, 2.24) is 24.8 Å². The molecule has 26 heavy (non-hydrogen) atoms. The van der Waals surface area contributed by atoms with Crippen LogP contribution in [-0.4, -0.2) is 44.3 Å². The van der Waals surface area contributed by atoms with Gasteiger partial charge in [-0.25, -0.2) is 9.97 Å². The van der Waals surface area contributed by atoms with E-state index in [0.717, 1.165) is 65.6 Å². The fourth-order valence-corrected chi connectivity index (χ4v) is 3.84. The number of aromatic amines is 1. The molecule has 0 aliphatic carbocycles. The Kier molecular flexibility index (Phi) is 3.44. The summed E-state index contributed by atoms with van der Waals surface area (Å²) in [6.45, 7) is 1.53. The monoisotopic (exact) mass is 346 g/mol. The van der Waals surface area contributed by atoms with E-state index < -0.39 is 0 Å². The number of H-pyrrole nitrogens is 1. The first-order valence-electron chi connectivity index (χ1n) is 8.79. The first kappa shape index (κ1) is 15.1. The molecule has 2 aliphatic heterocycles. The lowest BCUT2D eigenvalue weighted by atomic mass is 9.98. The van der Waals surface area contributed by atoms with Gasteiger partial charge in [0, 0.05) is 42.5 Å². The molecule has 0 bridgehead atoms. The molecule has 0 spiro atoms.